The standard InChI is InChI=1S/C12H19N3O2/c1-8(2)14-12(16)7-17-11-5-4-9(3)15-10(11)6-13/h4-5,8H,6-7,13H2,1-3H3,(H,14,16). The molecule has 0 aliphatic rings. The van der Waals surface area contributed by atoms with Gasteiger partial charge in [0.25, 0.3) is 5.91 Å². The molecule has 1 rings (SSSR count). The minimum absolute atomic E-state index is 0.0179. The van der Waals surface area contributed by atoms with Gasteiger partial charge in [0.1, 0.15) is 5.75 Å². The average molecular weight is 237 g/mol. The van der Waals surface area contributed by atoms with E-state index in [0.717, 1.165) is 5.69 Å². The third kappa shape index (κ3) is 4.40. The Morgan fingerprint density at radius 3 is 2.82 bits per heavy atom. The number of carbonyl (C=O) groups excluding carboxylic acids is 1. The Hall–Kier alpha value is -1.62. The van der Waals surface area contributed by atoms with Crippen molar-refractivity contribution in [3.05, 3.63) is 23.5 Å². The number of nitrogens with zero attached hydrogens (tertiary/aromatic N) is 1. The van der Waals surface area contributed by atoms with E-state index in [-0.39, 0.29) is 18.6 Å². The lowest BCUT2D eigenvalue weighted by Crippen LogP contribution is -2.34. The maximum Gasteiger partial charge on any atom is 0.258 e. The summed E-state index contributed by atoms with van der Waals surface area (Å²) in [5.74, 6) is 0.417. The lowest BCUT2D eigenvalue weighted by Gasteiger charge is -2.11. The lowest BCUT2D eigenvalue weighted by atomic mass is 10.3. The molecule has 5 heteroatoms. The predicted octanol–water partition coefficient (Wildman–Crippen LogP) is 0.752. The fraction of sp³-hybridized carbons (Fsp3) is 0.500. The molecule has 1 aromatic heterocycles. The van der Waals surface area contributed by atoms with Gasteiger partial charge in [-0.05, 0) is 32.9 Å². The third-order valence-electron chi connectivity index (χ3n) is 2.07. The second-order valence-electron chi connectivity index (χ2n) is 4.11. The number of pyridine rings is 1. The van der Waals surface area contributed by atoms with E-state index in [4.69, 9.17) is 10.5 Å². The van der Waals surface area contributed by atoms with Gasteiger partial charge in [0.15, 0.2) is 6.61 Å². The molecule has 5 nitrogen and oxygen atoms in total. The highest BCUT2D eigenvalue weighted by atomic mass is 16.5. The summed E-state index contributed by atoms with van der Waals surface area (Å²) in [6.45, 7) is 5.96. The molecule has 0 atom stereocenters. The largest absolute Gasteiger partial charge is 0.482 e. The summed E-state index contributed by atoms with van der Waals surface area (Å²) in [4.78, 5) is 15.7. The fourth-order valence-corrected chi connectivity index (χ4v) is 1.38. The van der Waals surface area contributed by atoms with Crippen molar-refractivity contribution in [1.29, 1.82) is 0 Å². The highest BCUT2D eigenvalue weighted by molar-refractivity contribution is 5.77. The molecule has 0 fully saturated rings. The van der Waals surface area contributed by atoms with E-state index in [0.29, 0.717) is 18.0 Å². The van der Waals surface area contributed by atoms with Crippen LogP contribution in [0.3, 0.4) is 0 Å². The summed E-state index contributed by atoms with van der Waals surface area (Å²) in [5, 5.41) is 2.75. The Labute approximate surface area is 101 Å². The van der Waals surface area contributed by atoms with E-state index in [1.54, 1.807) is 6.07 Å². The summed E-state index contributed by atoms with van der Waals surface area (Å²) < 4.78 is 5.39. The first-order valence-electron chi connectivity index (χ1n) is 5.61. The van der Waals surface area contributed by atoms with Gasteiger partial charge in [0, 0.05) is 18.3 Å². The second kappa shape index (κ2) is 6.20. The molecule has 0 saturated carbocycles. The molecular weight excluding hydrogens is 218 g/mol. The summed E-state index contributed by atoms with van der Waals surface area (Å²) in [6.07, 6.45) is 0. The topological polar surface area (TPSA) is 77.2 Å². The van der Waals surface area contributed by atoms with Crippen LogP contribution in [0.25, 0.3) is 0 Å². The Balaban J connectivity index is 2.60. The number of carbonyl (C=O) groups is 1. The normalized spacial score (nSPS) is 10.4. The molecule has 94 valence electrons. The van der Waals surface area contributed by atoms with E-state index in [2.05, 4.69) is 10.3 Å². The maximum atomic E-state index is 11.4. The van der Waals surface area contributed by atoms with Crippen molar-refractivity contribution >= 4 is 5.91 Å². The molecule has 0 radical (unpaired) electrons. The number of rotatable bonds is 5. The van der Waals surface area contributed by atoms with Crippen molar-refractivity contribution in [3.63, 3.8) is 0 Å². The van der Waals surface area contributed by atoms with E-state index < -0.39 is 0 Å². The summed E-state index contributed by atoms with van der Waals surface area (Å²) in [5.41, 5.74) is 7.11. The van der Waals surface area contributed by atoms with Gasteiger partial charge < -0.3 is 15.8 Å². The fourth-order valence-electron chi connectivity index (χ4n) is 1.38. The van der Waals surface area contributed by atoms with E-state index >= 15 is 0 Å². The van der Waals surface area contributed by atoms with Crippen LogP contribution < -0.4 is 15.8 Å². The zero-order valence-electron chi connectivity index (χ0n) is 10.5. The molecular formula is C12H19N3O2. The van der Waals surface area contributed by atoms with Gasteiger partial charge in [0.05, 0.1) is 5.69 Å². The summed E-state index contributed by atoms with van der Waals surface area (Å²) >= 11 is 0. The van der Waals surface area contributed by atoms with Crippen LogP contribution in [0.5, 0.6) is 5.75 Å². The van der Waals surface area contributed by atoms with Gasteiger partial charge >= 0.3 is 0 Å². The van der Waals surface area contributed by atoms with Crippen molar-refractivity contribution in [2.24, 2.45) is 5.73 Å². The first-order chi connectivity index (χ1) is 8.02. The highest BCUT2D eigenvalue weighted by Crippen LogP contribution is 2.15. The van der Waals surface area contributed by atoms with E-state index in [1.165, 1.54) is 0 Å². The molecule has 0 aliphatic heterocycles. The monoisotopic (exact) mass is 237 g/mol. The van der Waals surface area contributed by atoms with Crippen LogP contribution in [0.15, 0.2) is 12.1 Å². The molecule has 0 unspecified atom stereocenters. The number of aryl methyl sites for hydroxylation is 1. The third-order valence-corrected chi connectivity index (χ3v) is 2.07. The van der Waals surface area contributed by atoms with Crippen molar-refractivity contribution in [2.45, 2.75) is 33.4 Å². The van der Waals surface area contributed by atoms with Gasteiger partial charge in [0.2, 0.25) is 0 Å². The molecule has 3 N–H and O–H groups in total. The van der Waals surface area contributed by atoms with Crippen molar-refractivity contribution < 1.29 is 9.53 Å². The van der Waals surface area contributed by atoms with Crippen LogP contribution in [0, 0.1) is 6.92 Å². The molecule has 1 amide bonds. The zero-order valence-corrected chi connectivity index (χ0v) is 10.5. The smallest absolute Gasteiger partial charge is 0.258 e. The van der Waals surface area contributed by atoms with Crippen LogP contribution >= 0.6 is 0 Å². The zero-order chi connectivity index (χ0) is 12.8. The van der Waals surface area contributed by atoms with E-state index in [9.17, 15) is 4.79 Å². The molecule has 1 heterocycles. The molecule has 0 saturated heterocycles. The number of nitrogens with two attached hydrogens (primary N) is 1. The Morgan fingerprint density at radius 2 is 2.24 bits per heavy atom. The van der Waals surface area contributed by atoms with Crippen LogP contribution in [-0.2, 0) is 11.3 Å². The van der Waals surface area contributed by atoms with Crippen LogP contribution in [-0.4, -0.2) is 23.5 Å². The molecule has 0 bridgehead atoms. The minimum atomic E-state index is -0.149. The molecule has 0 aromatic carbocycles. The number of aromatic nitrogens is 1. The molecule has 1 aromatic rings. The minimum Gasteiger partial charge on any atom is -0.482 e. The van der Waals surface area contributed by atoms with Crippen LogP contribution in [0.2, 0.25) is 0 Å². The SMILES string of the molecule is Cc1ccc(OCC(=O)NC(C)C)c(CN)n1. The van der Waals surface area contributed by atoms with Gasteiger partial charge in [-0.1, -0.05) is 0 Å². The van der Waals surface area contributed by atoms with Crippen LogP contribution in [0.1, 0.15) is 25.2 Å². The molecule has 0 spiro atoms. The number of nitrogens with one attached hydrogen (secondary N) is 1. The van der Waals surface area contributed by atoms with Crippen molar-refractivity contribution in [2.75, 3.05) is 6.61 Å². The number of hydrogen-bond acceptors (Lipinski definition) is 4. The van der Waals surface area contributed by atoms with Gasteiger partial charge in [-0.25, -0.2) is 0 Å². The quantitative estimate of drug-likeness (QED) is 0.792. The average Bonchev–Trinajstić information content (AvgIpc) is 2.26. The summed E-state index contributed by atoms with van der Waals surface area (Å²) in [6, 6.07) is 3.72. The Morgan fingerprint density at radius 1 is 1.53 bits per heavy atom. The molecule has 17 heavy (non-hydrogen) atoms. The number of hydrogen-bond donors (Lipinski definition) is 2. The molecule has 0 aliphatic carbocycles. The number of ether oxygens (including phenoxy) is 1. The first kappa shape index (κ1) is 13.4. The maximum absolute atomic E-state index is 11.4. The van der Waals surface area contributed by atoms with Crippen molar-refractivity contribution in [1.82, 2.24) is 10.3 Å². The lowest BCUT2D eigenvalue weighted by molar-refractivity contribution is -0.123. The van der Waals surface area contributed by atoms with Crippen molar-refractivity contribution in [3.8, 4) is 5.75 Å². The van der Waals surface area contributed by atoms with E-state index in [1.807, 2.05) is 26.8 Å². The van der Waals surface area contributed by atoms with Gasteiger partial charge in [-0.15, -0.1) is 0 Å². The van der Waals surface area contributed by atoms with Crippen LogP contribution in [0.4, 0.5) is 0 Å². The van der Waals surface area contributed by atoms with Gasteiger partial charge in [-0.3, -0.25) is 9.78 Å². The second-order valence-corrected chi connectivity index (χ2v) is 4.11. The summed E-state index contributed by atoms with van der Waals surface area (Å²) in [7, 11) is 0. The Bertz CT molecular complexity index is 391. The Kier molecular flexibility index (Phi) is 4.90. The van der Waals surface area contributed by atoms with Gasteiger partial charge in [-0.2, -0.15) is 0 Å². The highest BCUT2D eigenvalue weighted by Gasteiger charge is 2.08. The number of amides is 1. The predicted molar refractivity (Wildman–Crippen MR) is 65.6 cm³/mol. The first-order valence-corrected chi connectivity index (χ1v) is 5.61.